The zero-order chi connectivity index (χ0) is 19.2. The summed E-state index contributed by atoms with van der Waals surface area (Å²) < 4.78 is 4.82. The molecule has 2 aromatic carbocycles. The molecule has 141 valence electrons. The molecule has 1 heterocycles. The molecule has 4 heteroatoms. The Morgan fingerprint density at radius 1 is 0.808 bits per heavy atom. The Morgan fingerprint density at radius 3 is 1.31 bits per heavy atom. The monoisotopic (exact) mass is 391 g/mol. The number of hydrogen-bond donors (Lipinski definition) is 1. The molecule has 0 aromatic heterocycles. The largest absolute Gasteiger partial charge is 4.00 e. The van der Waals surface area contributed by atoms with Crippen molar-refractivity contribution >= 4 is 0 Å². The summed E-state index contributed by atoms with van der Waals surface area (Å²) in [5.41, 5.74) is 7.56. The van der Waals surface area contributed by atoms with Crippen molar-refractivity contribution in [3.63, 3.8) is 0 Å². The Kier molecular flexibility index (Phi) is 16.8. The second-order valence-electron chi connectivity index (χ2n) is 6.23. The van der Waals surface area contributed by atoms with Gasteiger partial charge < -0.3 is 16.4 Å². The third-order valence-electron chi connectivity index (χ3n) is 3.27. The summed E-state index contributed by atoms with van der Waals surface area (Å²) in [7, 11) is 0. The number of rotatable bonds is 0. The molecular formula is C22H32N2OV. The van der Waals surface area contributed by atoms with Crippen molar-refractivity contribution in [2.24, 2.45) is 5.84 Å². The van der Waals surface area contributed by atoms with E-state index in [2.05, 4.69) is 83.8 Å². The van der Waals surface area contributed by atoms with Gasteiger partial charge in [-0.25, -0.2) is 6.61 Å². The van der Waals surface area contributed by atoms with Crippen LogP contribution in [0.2, 0.25) is 0 Å². The van der Waals surface area contributed by atoms with Crippen LogP contribution in [-0.2, 0) is 23.3 Å². The van der Waals surface area contributed by atoms with E-state index in [9.17, 15) is 0 Å². The molecule has 1 fully saturated rings. The minimum atomic E-state index is 0. The molecule has 3 rings (SSSR count). The number of benzene rings is 2. The number of nitrogens with two attached hydrogens (primary N) is 1. The van der Waals surface area contributed by atoms with Gasteiger partial charge in [0.1, 0.15) is 0 Å². The molecule has 0 amide bonds. The third kappa shape index (κ3) is 14.1. The van der Waals surface area contributed by atoms with E-state index in [1.807, 2.05) is 6.61 Å². The van der Waals surface area contributed by atoms with Crippen LogP contribution in [0.15, 0.2) is 24.3 Å². The summed E-state index contributed by atoms with van der Waals surface area (Å²) in [6.07, 6.45) is 2.38. The average Bonchev–Trinajstić information content (AvgIpc) is 3.06. The van der Waals surface area contributed by atoms with Crippen molar-refractivity contribution < 1.29 is 23.3 Å². The zero-order valence-corrected chi connectivity index (χ0v) is 18.3. The molecule has 3 nitrogen and oxygen atoms in total. The Hall–Kier alpha value is -1.10. The van der Waals surface area contributed by atoms with Crippen molar-refractivity contribution in [2.45, 2.75) is 54.4 Å². The predicted molar refractivity (Wildman–Crippen MR) is 107 cm³/mol. The van der Waals surface area contributed by atoms with Crippen LogP contribution in [0.4, 0.5) is 0 Å². The Labute approximate surface area is 172 Å². The van der Waals surface area contributed by atoms with Crippen molar-refractivity contribution in [3.8, 4) is 0 Å². The molecule has 1 aliphatic rings. The van der Waals surface area contributed by atoms with Crippen molar-refractivity contribution in [3.05, 3.63) is 82.2 Å². The SMILES string of the molecule is Cc1[c-]c(C)cc(C)c1.Cc1[c-]c(C)cc(C)c1.[CH-]1CCCO1.[NH-]N.[V+4]. The molecule has 1 radical (unpaired) electrons. The van der Waals surface area contributed by atoms with Crippen molar-refractivity contribution in [1.82, 2.24) is 0 Å². The predicted octanol–water partition coefficient (Wildman–Crippen LogP) is 5.69. The molecule has 0 unspecified atom stereocenters. The normalized spacial score (nSPS) is 11.5. The van der Waals surface area contributed by atoms with Gasteiger partial charge in [-0.3, -0.25) is 0 Å². The molecule has 26 heavy (non-hydrogen) atoms. The quantitative estimate of drug-likeness (QED) is 0.356. The summed E-state index contributed by atoms with van der Waals surface area (Å²) in [4.78, 5) is 0. The van der Waals surface area contributed by atoms with E-state index in [0.29, 0.717) is 0 Å². The molecule has 2 aromatic rings. The molecule has 0 bridgehead atoms. The molecule has 3 N–H and O–H groups in total. The maximum Gasteiger partial charge on any atom is 4.00 e. The Balaban J connectivity index is 0. The van der Waals surface area contributed by atoms with Gasteiger partial charge >= 0.3 is 18.6 Å². The van der Waals surface area contributed by atoms with Gasteiger partial charge in [-0.05, 0) is 0 Å². The van der Waals surface area contributed by atoms with E-state index in [1.165, 1.54) is 39.8 Å². The summed E-state index contributed by atoms with van der Waals surface area (Å²) in [5, 5.41) is 0. The maximum absolute atomic E-state index is 5.25. The molecule has 0 aliphatic carbocycles. The van der Waals surface area contributed by atoms with Gasteiger partial charge in [0.2, 0.25) is 0 Å². The third-order valence-corrected chi connectivity index (χ3v) is 3.27. The molecule has 0 saturated carbocycles. The first-order chi connectivity index (χ1) is 11.9. The van der Waals surface area contributed by atoms with Gasteiger partial charge in [0.05, 0.1) is 0 Å². The van der Waals surface area contributed by atoms with Crippen LogP contribution in [0.25, 0.3) is 5.84 Å². The number of ether oxygens (including phenoxy) is 1. The van der Waals surface area contributed by atoms with E-state index in [-0.39, 0.29) is 18.6 Å². The summed E-state index contributed by atoms with van der Waals surface area (Å²) in [6.45, 7) is 15.3. The fourth-order valence-corrected chi connectivity index (χ4v) is 2.63. The molecular weight excluding hydrogens is 359 g/mol. The number of nitrogens with one attached hydrogen (secondary N) is 1. The molecule has 1 aliphatic heterocycles. The van der Waals surface area contributed by atoms with Crippen LogP contribution in [0.1, 0.15) is 46.2 Å². The van der Waals surface area contributed by atoms with Gasteiger partial charge in [0.15, 0.2) is 0 Å². The van der Waals surface area contributed by atoms with Crippen LogP contribution in [0, 0.1) is 60.3 Å². The zero-order valence-electron chi connectivity index (χ0n) is 16.9. The van der Waals surface area contributed by atoms with Crippen LogP contribution in [0.3, 0.4) is 0 Å². The van der Waals surface area contributed by atoms with Crippen molar-refractivity contribution in [2.75, 3.05) is 6.61 Å². The van der Waals surface area contributed by atoms with Gasteiger partial charge in [0, 0.05) is 6.61 Å². The topological polar surface area (TPSA) is 59.0 Å². The number of hydrogen-bond acceptors (Lipinski definition) is 2. The van der Waals surface area contributed by atoms with E-state index >= 15 is 0 Å². The Bertz CT molecular complexity index is 453. The fourth-order valence-electron chi connectivity index (χ4n) is 2.63. The molecule has 1 saturated heterocycles. The molecule has 0 atom stereocenters. The van der Waals surface area contributed by atoms with Crippen molar-refractivity contribution in [1.29, 1.82) is 0 Å². The first-order valence-corrected chi connectivity index (χ1v) is 8.53. The minimum Gasteiger partial charge on any atom is -0.615 e. The standard InChI is InChI=1S/2C9H11.C4H7O.H3N2.V/c2*1-7-4-8(2)6-9(3)5-7;1-2-4-5-3-1;1-2;/h2*4-5H,1-3H3;3H,1-2,4H2;1H,2H2;/q4*-1;+4. The van der Waals surface area contributed by atoms with Crippen LogP contribution < -0.4 is 5.84 Å². The van der Waals surface area contributed by atoms with E-state index in [0.717, 1.165) is 13.0 Å². The summed E-state index contributed by atoms with van der Waals surface area (Å²) >= 11 is 0. The first kappa shape index (κ1) is 27.1. The first-order valence-electron chi connectivity index (χ1n) is 8.53. The van der Waals surface area contributed by atoms with E-state index in [1.54, 1.807) is 0 Å². The van der Waals surface area contributed by atoms with Crippen LogP contribution >= 0.6 is 0 Å². The van der Waals surface area contributed by atoms with Crippen LogP contribution in [0.5, 0.6) is 0 Å². The van der Waals surface area contributed by atoms with Gasteiger partial charge in [-0.2, -0.15) is 76.2 Å². The van der Waals surface area contributed by atoms with Gasteiger partial charge in [-0.15, -0.1) is 0 Å². The van der Waals surface area contributed by atoms with E-state index < -0.39 is 0 Å². The van der Waals surface area contributed by atoms with Gasteiger partial charge in [-0.1, -0.05) is 48.0 Å². The van der Waals surface area contributed by atoms with Gasteiger partial charge in [0.25, 0.3) is 0 Å². The second-order valence-corrected chi connectivity index (χ2v) is 6.23. The summed E-state index contributed by atoms with van der Waals surface area (Å²) in [6, 6.07) is 14.9. The Morgan fingerprint density at radius 2 is 1.15 bits per heavy atom. The van der Waals surface area contributed by atoms with E-state index in [4.69, 9.17) is 10.6 Å². The number of aryl methyl sites for hydroxylation is 6. The maximum atomic E-state index is 5.25. The smallest absolute Gasteiger partial charge is 0.615 e. The minimum absolute atomic E-state index is 0. The second kappa shape index (κ2) is 16.1. The molecule has 0 spiro atoms. The fraction of sp³-hybridized carbons (Fsp3) is 0.409. The van der Waals surface area contributed by atoms with Crippen LogP contribution in [-0.4, -0.2) is 6.61 Å². The summed E-state index contributed by atoms with van der Waals surface area (Å²) in [5.74, 6) is 9.00. The average molecular weight is 391 g/mol.